The van der Waals surface area contributed by atoms with E-state index in [2.05, 4.69) is 0 Å². The van der Waals surface area contributed by atoms with Gasteiger partial charge in [-0.25, -0.2) is 0 Å². The van der Waals surface area contributed by atoms with Gasteiger partial charge in [0.1, 0.15) is 20.0 Å². The van der Waals surface area contributed by atoms with E-state index in [9.17, 15) is 13.6 Å². The SMILES string of the molecule is CCn1c(=O)/c(=C2\Sc3cc(Cl)ccc3N2C)s/c1=C\c1scc[n+]1Cc1ccccc1OC(F)F. The van der Waals surface area contributed by atoms with E-state index in [0.717, 1.165) is 25.3 Å². The van der Waals surface area contributed by atoms with Gasteiger partial charge in [0.25, 0.3) is 10.6 Å². The number of ether oxygens (including phenoxy) is 1. The van der Waals surface area contributed by atoms with E-state index in [1.54, 1.807) is 34.5 Å². The first kappa shape index (κ1) is 25.0. The summed E-state index contributed by atoms with van der Waals surface area (Å²) >= 11 is 10.7. The molecule has 0 N–H and O–H groups in total. The maximum absolute atomic E-state index is 13.4. The Kier molecular flexibility index (Phi) is 7.21. The maximum atomic E-state index is 13.4. The molecule has 5 rings (SSSR count). The smallest absolute Gasteiger partial charge is 0.387 e. The molecule has 0 saturated carbocycles. The van der Waals surface area contributed by atoms with Crippen LogP contribution in [0.1, 0.15) is 17.5 Å². The molecule has 0 unspecified atom stereocenters. The number of aromatic nitrogens is 2. The Morgan fingerprint density at radius 1 is 1.22 bits per heavy atom. The number of nitrogens with zero attached hydrogens (tertiary/aromatic N) is 3. The minimum Gasteiger partial charge on any atom is -0.434 e. The van der Waals surface area contributed by atoms with Crippen molar-refractivity contribution in [2.75, 3.05) is 11.9 Å². The first-order valence-electron chi connectivity index (χ1n) is 11.0. The third-order valence-corrected chi connectivity index (χ3v) is 9.26. The molecule has 1 aliphatic heterocycles. The maximum Gasteiger partial charge on any atom is 0.387 e. The van der Waals surface area contributed by atoms with Crippen molar-refractivity contribution in [3.05, 3.63) is 89.2 Å². The number of fused-ring (bicyclic) bond motifs is 1. The number of halogens is 3. The number of hydrogen-bond acceptors (Lipinski definition) is 6. The molecule has 36 heavy (non-hydrogen) atoms. The number of thioether (sulfide) groups is 1. The molecule has 0 bridgehead atoms. The summed E-state index contributed by atoms with van der Waals surface area (Å²) in [6.07, 6.45) is 3.87. The predicted molar refractivity (Wildman–Crippen MR) is 143 cm³/mol. The van der Waals surface area contributed by atoms with Crippen LogP contribution in [-0.2, 0) is 13.1 Å². The van der Waals surface area contributed by atoms with Crippen LogP contribution in [0.4, 0.5) is 14.5 Å². The van der Waals surface area contributed by atoms with Crippen LogP contribution in [0, 0.1) is 0 Å². The first-order chi connectivity index (χ1) is 17.4. The Morgan fingerprint density at radius 2 is 2.03 bits per heavy atom. The lowest BCUT2D eigenvalue weighted by molar-refractivity contribution is -0.685. The van der Waals surface area contributed by atoms with Gasteiger partial charge in [0.05, 0.1) is 22.7 Å². The lowest BCUT2D eigenvalue weighted by Gasteiger charge is -2.12. The Labute approximate surface area is 223 Å². The Hall–Kier alpha value is -2.66. The van der Waals surface area contributed by atoms with Crippen molar-refractivity contribution < 1.29 is 18.1 Å². The number of benzene rings is 2. The quantitative estimate of drug-likeness (QED) is 0.318. The fourth-order valence-corrected chi connectivity index (χ4v) is 7.58. The van der Waals surface area contributed by atoms with Crippen molar-refractivity contribution in [1.29, 1.82) is 0 Å². The average Bonchev–Trinajstić information content (AvgIpc) is 3.50. The number of alkyl halides is 2. The summed E-state index contributed by atoms with van der Waals surface area (Å²) in [5, 5.41) is 4.36. The molecule has 0 aliphatic carbocycles. The number of anilines is 1. The highest BCUT2D eigenvalue weighted by molar-refractivity contribution is 8.08. The lowest BCUT2D eigenvalue weighted by atomic mass is 10.2. The summed E-state index contributed by atoms with van der Waals surface area (Å²) in [7, 11) is 1.95. The zero-order valence-corrected chi connectivity index (χ0v) is 22.5. The van der Waals surface area contributed by atoms with Gasteiger partial charge in [-0.3, -0.25) is 9.36 Å². The highest BCUT2D eigenvalue weighted by Crippen LogP contribution is 2.46. The normalized spacial score (nSPS) is 15.2. The minimum absolute atomic E-state index is 0.0409. The molecule has 0 amide bonds. The summed E-state index contributed by atoms with van der Waals surface area (Å²) < 4.78 is 35.6. The molecule has 0 saturated heterocycles. The third-order valence-electron chi connectivity index (χ3n) is 5.71. The van der Waals surface area contributed by atoms with Crippen LogP contribution in [0.2, 0.25) is 5.02 Å². The zero-order valence-electron chi connectivity index (χ0n) is 19.3. The number of para-hydroxylation sites is 1. The molecule has 0 radical (unpaired) electrons. The molecule has 0 atom stereocenters. The molecule has 186 valence electrons. The molecule has 5 nitrogen and oxygen atoms in total. The predicted octanol–water partition coefficient (Wildman–Crippen LogP) is 4.72. The molecule has 11 heteroatoms. The van der Waals surface area contributed by atoms with E-state index in [1.807, 2.05) is 59.3 Å². The van der Waals surface area contributed by atoms with Gasteiger partial charge in [-0.2, -0.15) is 13.3 Å². The van der Waals surface area contributed by atoms with E-state index < -0.39 is 6.61 Å². The van der Waals surface area contributed by atoms with Gasteiger partial charge in [0.15, 0.2) is 12.7 Å². The monoisotopic (exact) mass is 564 g/mol. The summed E-state index contributed by atoms with van der Waals surface area (Å²) in [6, 6.07) is 12.5. The standard InChI is InChI=1S/C25H21ClF2N3O2S3/c1-3-31-21(36-22(23(31)32)24-29(2)17-9-8-16(26)12-19(17)35-24)13-20-30(10-11-34-20)14-15-6-4-5-7-18(15)33-25(27)28/h4-13,25H,3,14H2,1-2H3/q+1/b24-22+. The molecular formula is C25H21ClF2N3O2S3+. The second kappa shape index (κ2) is 10.4. The molecule has 0 spiro atoms. The topological polar surface area (TPSA) is 38.4 Å². The van der Waals surface area contributed by atoms with Crippen LogP contribution in [-0.4, -0.2) is 18.2 Å². The fraction of sp³-hybridized carbons (Fsp3) is 0.200. The van der Waals surface area contributed by atoms with Crippen molar-refractivity contribution in [2.24, 2.45) is 0 Å². The first-order valence-corrected chi connectivity index (χ1v) is 13.9. The van der Waals surface area contributed by atoms with Crippen LogP contribution >= 0.6 is 46.0 Å². The Morgan fingerprint density at radius 3 is 2.81 bits per heavy atom. The third kappa shape index (κ3) is 4.82. The molecule has 2 aromatic carbocycles. The Bertz CT molecular complexity index is 1610. The summed E-state index contributed by atoms with van der Waals surface area (Å²) in [5.74, 6) is 0.151. The van der Waals surface area contributed by atoms with Gasteiger partial charge in [-0.15, -0.1) is 11.3 Å². The van der Waals surface area contributed by atoms with Crippen molar-refractivity contribution in [2.45, 2.75) is 31.5 Å². The highest BCUT2D eigenvalue weighted by atomic mass is 35.5. The van der Waals surface area contributed by atoms with Crippen LogP contribution < -0.4 is 29.0 Å². The van der Waals surface area contributed by atoms with E-state index >= 15 is 0 Å². The van der Waals surface area contributed by atoms with Crippen molar-refractivity contribution >= 4 is 62.8 Å². The van der Waals surface area contributed by atoms with Crippen LogP contribution in [0.5, 0.6) is 5.75 Å². The zero-order chi connectivity index (χ0) is 25.4. The fourth-order valence-electron chi connectivity index (χ4n) is 3.99. The lowest BCUT2D eigenvalue weighted by Crippen LogP contribution is -2.36. The van der Waals surface area contributed by atoms with Crippen molar-refractivity contribution in [3.63, 3.8) is 0 Å². The molecule has 3 heterocycles. The van der Waals surface area contributed by atoms with Gasteiger partial charge in [-0.05, 0) is 37.3 Å². The largest absolute Gasteiger partial charge is 0.434 e. The van der Waals surface area contributed by atoms with Gasteiger partial charge in [0, 0.05) is 23.5 Å². The van der Waals surface area contributed by atoms with E-state index in [4.69, 9.17) is 16.3 Å². The Balaban J connectivity index is 1.56. The summed E-state index contributed by atoms with van der Waals surface area (Å²) in [5.41, 5.74) is 1.62. The minimum atomic E-state index is -2.89. The second-order valence-corrected chi connectivity index (χ2v) is 11.3. The molecule has 2 aromatic heterocycles. The van der Waals surface area contributed by atoms with Crippen LogP contribution in [0.15, 0.2) is 63.7 Å². The molecule has 0 fully saturated rings. The van der Waals surface area contributed by atoms with Crippen LogP contribution in [0.3, 0.4) is 0 Å². The van der Waals surface area contributed by atoms with E-state index in [0.29, 0.717) is 28.2 Å². The summed E-state index contributed by atoms with van der Waals surface area (Å²) in [4.78, 5) is 16.4. The molecular weight excluding hydrogens is 544 g/mol. The van der Waals surface area contributed by atoms with Gasteiger partial charge < -0.3 is 9.64 Å². The second-order valence-electron chi connectivity index (χ2n) is 7.90. The summed E-state index contributed by atoms with van der Waals surface area (Å²) in [6.45, 7) is -0.0588. The van der Waals surface area contributed by atoms with Crippen molar-refractivity contribution in [1.82, 2.24) is 4.57 Å². The van der Waals surface area contributed by atoms with Gasteiger partial charge >= 0.3 is 6.61 Å². The van der Waals surface area contributed by atoms with E-state index in [-0.39, 0.29) is 11.3 Å². The van der Waals surface area contributed by atoms with Gasteiger partial charge in [0.2, 0.25) is 0 Å². The number of hydrogen-bond donors (Lipinski definition) is 0. The molecule has 4 aromatic rings. The average molecular weight is 565 g/mol. The van der Waals surface area contributed by atoms with Crippen LogP contribution in [0.25, 0.3) is 11.1 Å². The van der Waals surface area contributed by atoms with Crippen molar-refractivity contribution in [3.8, 4) is 5.75 Å². The molecule has 1 aliphatic rings. The highest BCUT2D eigenvalue weighted by Gasteiger charge is 2.25. The van der Waals surface area contributed by atoms with Gasteiger partial charge in [-0.1, -0.05) is 46.8 Å². The number of thiazole rings is 2. The number of rotatable bonds is 6. The van der Waals surface area contributed by atoms with E-state index in [1.165, 1.54) is 28.7 Å².